The van der Waals surface area contributed by atoms with Crippen LogP contribution in [0.15, 0.2) is 12.1 Å². The van der Waals surface area contributed by atoms with Crippen molar-refractivity contribution < 1.29 is 5.11 Å². The van der Waals surface area contributed by atoms with E-state index >= 15 is 0 Å². The SMILES string of the molecule is CC(C)Cc1nnc(NCc2cc(Cl)cc(Cl)c2O)s1. The minimum atomic E-state index is 0.0375. The highest BCUT2D eigenvalue weighted by Crippen LogP contribution is 2.31. The van der Waals surface area contributed by atoms with Gasteiger partial charge in [-0.2, -0.15) is 0 Å². The predicted molar refractivity (Wildman–Crippen MR) is 83.9 cm³/mol. The average Bonchev–Trinajstić information content (AvgIpc) is 2.78. The summed E-state index contributed by atoms with van der Waals surface area (Å²) < 4.78 is 0. The first-order valence-corrected chi connectivity index (χ1v) is 7.76. The van der Waals surface area contributed by atoms with E-state index in [1.165, 1.54) is 17.4 Å². The van der Waals surface area contributed by atoms with Crippen LogP contribution < -0.4 is 5.32 Å². The van der Waals surface area contributed by atoms with Gasteiger partial charge in [0.25, 0.3) is 0 Å². The fraction of sp³-hybridized carbons (Fsp3) is 0.385. The number of phenolic OH excluding ortho intramolecular Hbond substituents is 1. The topological polar surface area (TPSA) is 58.0 Å². The molecule has 0 unspecified atom stereocenters. The van der Waals surface area contributed by atoms with Crippen LogP contribution in [-0.2, 0) is 13.0 Å². The monoisotopic (exact) mass is 331 g/mol. The molecule has 0 amide bonds. The first kappa shape index (κ1) is 15.4. The maximum atomic E-state index is 9.86. The second-order valence-corrected chi connectivity index (χ2v) is 6.75. The molecule has 2 rings (SSSR count). The maximum Gasteiger partial charge on any atom is 0.205 e. The molecular weight excluding hydrogens is 317 g/mol. The van der Waals surface area contributed by atoms with Crippen molar-refractivity contribution >= 4 is 39.7 Å². The number of hydrogen-bond donors (Lipinski definition) is 2. The number of benzene rings is 1. The molecule has 4 nitrogen and oxygen atoms in total. The Morgan fingerprint density at radius 2 is 2.05 bits per heavy atom. The van der Waals surface area contributed by atoms with E-state index < -0.39 is 0 Å². The normalized spacial score (nSPS) is 11.1. The van der Waals surface area contributed by atoms with Gasteiger partial charge < -0.3 is 10.4 Å². The Balaban J connectivity index is 2.03. The minimum absolute atomic E-state index is 0.0375. The Morgan fingerprint density at radius 1 is 1.30 bits per heavy atom. The van der Waals surface area contributed by atoms with E-state index in [1.807, 2.05) is 0 Å². The van der Waals surface area contributed by atoms with E-state index in [0.717, 1.165) is 16.6 Å². The van der Waals surface area contributed by atoms with Crippen molar-refractivity contribution in [3.05, 3.63) is 32.7 Å². The molecular formula is C13H15Cl2N3OS. The highest BCUT2D eigenvalue weighted by atomic mass is 35.5. The molecule has 0 saturated heterocycles. The van der Waals surface area contributed by atoms with E-state index in [2.05, 4.69) is 29.4 Å². The van der Waals surface area contributed by atoms with Crippen molar-refractivity contribution in [3.8, 4) is 5.75 Å². The molecule has 0 aliphatic heterocycles. The summed E-state index contributed by atoms with van der Waals surface area (Å²) in [4.78, 5) is 0. The number of nitrogens with one attached hydrogen (secondary N) is 1. The Labute approximate surface area is 131 Å². The van der Waals surface area contributed by atoms with Crippen LogP contribution in [0.25, 0.3) is 0 Å². The number of hydrogen-bond acceptors (Lipinski definition) is 5. The van der Waals surface area contributed by atoms with Crippen LogP contribution in [0, 0.1) is 5.92 Å². The molecule has 1 heterocycles. The van der Waals surface area contributed by atoms with E-state index in [4.69, 9.17) is 23.2 Å². The lowest BCUT2D eigenvalue weighted by Gasteiger charge is -2.07. The summed E-state index contributed by atoms with van der Waals surface area (Å²) in [5, 5.41) is 23.6. The first-order chi connectivity index (χ1) is 9.45. The van der Waals surface area contributed by atoms with Crippen LogP contribution in [0.1, 0.15) is 24.4 Å². The molecule has 0 fully saturated rings. The third-order valence-corrected chi connectivity index (χ3v) is 4.00. The summed E-state index contributed by atoms with van der Waals surface area (Å²) >= 11 is 13.3. The smallest absolute Gasteiger partial charge is 0.205 e. The van der Waals surface area contributed by atoms with Gasteiger partial charge in [-0.3, -0.25) is 0 Å². The molecule has 7 heteroatoms. The van der Waals surface area contributed by atoms with Gasteiger partial charge in [0, 0.05) is 23.6 Å². The molecule has 2 aromatic rings. The van der Waals surface area contributed by atoms with Crippen LogP contribution >= 0.6 is 34.5 Å². The lowest BCUT2D eigenvalue weighted by molar-refractivity contribution is 0.469. The summed E-state index contributed by atoms with van der Waals surface area (Å²) in [6.07, 6.45) is 0.910. The summed E-state index contributed by atoms with van der Waals surface area (Å²) in [7, 11) is 0. The third-order valence-electron chi connectivity index (χ3n) is 2.59. The van der Waals surface area contributed by atoms with Gasteiger partial charge in [-0.25, -0.2) is 0 Å². The molecule has 20 heavy (non-hydrogen) atoms. The zero-order valence-electron chi connectivity index (χ0n) is 11.2. The van der Waals surface area contributed by atoms with Crippen LogP contribution in [0.4, 0.5) is 5.13 Å². The fourth-order valence-electron chi connectivity index (χ4n) is 1.68. The Hall–Kier alpha value is -1.04. The van der Waals surface area contributed by atoms with Crippen LogP contribution in [-0.4, -0.2) is 15.3 Å². The van der Waals surface area contributed by atoms with Crippen molar-refractivity contribution in [2.75, 3.05) is 5.32 Å². The number of halogens is 2. The lowest BCUT2D eigenvalue weighted by atomic mass is 10.1. The highest BCUT2D eigenvalue weighted by molar-refractivity contribution is 7.15. The second-order valence-electron chi connectivity index (χ2n) is 4.85. The first-order valence-electron chi connectivity index (χ1n) is 6.19. The number of aromatic hydroxyl groups is 1. The Bertz CT molecular complexity index is 601. The quantitative estimate of drug-likeness (QED) is 0.854. The molecule has 0 aliphatic carbocycles. The summed E-state index contributed by atoms with van der Waals surface area (Å²) in [6.45, 7) is 4.67. The molecule has 0 radical (unpaired) electrons. The molecule has 2 N–H and O–H groups in total. The number of anilines is 1. The van der Waals surface area contributed by atoms with Gasteiger partial charge in [-0.05, 0) is 18.1 Å². The van der Waals surface area contributed by atoms with Gasteiger partial charge in [0.2, 0.25) is 5.13 Å². The molecule has 0 saturated carbocycles. The highest BCUT2D eigenvalue weighted by Gasteiger charge is 2.10. The second kappa shape index (κ2) is 6.61. The number of nitrogens with zero attached hydrogens (tertiary/aromatic N) is 2. The van der Waals surface area contributed by atoms with Crippen molar-refractivity contribution in [2.45, 2.75) is 26.8 Å². The summed E-state index contributed by atoms with van der Waals surface area (Å²) in [5.41, 5.74) is 0.628. The van der Waals surface area contributed by atoms with Crippen molar-refractivity contribution in [3.63, 3.8) is 0 Å². The van der Waals surface area contributed by atoms with E-state index in [1.54, 1.807) is 6.07 Å². The van der Waals surface area contributed by atoms with Gasteiger partial charge >= 0.3 is 0 Å². The van der Waals surface area contributed by atoms with Gasteiger partial charge in [0.05, 0.1) is 5.02 Å². The van der Waals surface area contributed by atoms with Gasteiger partial charge in [0.1, 0.15) is 10.8 Å². The fourth-order valence-corrected chi connectivity index (χ4v) is 3.16. The van der Waals surface area contributed by atoms with Crippen molar-refractivity contribution in [1.82, 2.24) is 10.2 Å². The lowest BCUT2D eigenvalue weighted by Crippen LogP contribution is -1.99. The van der Waals surface area contributed by atoms with E-state index in [0.29, 0.717) is 23.0 Å². The molecule has 1 aromatic heterocycles. The number of aromatic nitrogens is 2. The summed E-state index contributed by atoms with van der Waals surface area (Å²) in [6, 6.07) is 3.18. The van der Waals surface area contributed by atoms with Crippen LogP contribution in [0.3, 0.4) is 0 Å². The van der Waals surface area contributed by atoms with Crippen LogP contribution in [0.5, 0.6) is 5.75 Å². The average molecular weight is 332 g/mol. The zero-order valence-corrected chi connectivity index (χ0v) is 13.5. The molecule has 1 aromatic carbocycles. The Kier molecular flexibility index (Phi) is 5.07. The van der Waals surface area contributed by atoms with Crippen molar-refractivity contribution in [1.29, 1.82) is 0 Å². The summed E-state index contributed by atoms with van der Waals surface area (Å²) in [5.74, 6) is 0.585. The molecule has 108 valence electrons. The van der Waals surface area contributed by atoms with Gasteiger partial charge in [0.15, 0.2) is 0 Å². The van der Waals surface area contributed by atoms with Crippen LogP contribution in [0.2, 0.25) is 10.0 Å². The van der Waals surface area contributed by atoms with Crippen molar-refractivity contribution in [2.24, 2.45) is 5.92 Å². The van der Waals surface area contributed by atoms with E-state index in [9.17, 15) is 5.11 Å². The molecule has 0 bridgehead atoms. The standard InChI is InChI=1S/C13H15Cl2N3OS/c1-7(2)3-11-17-18-13(20-11)16-6-8-4-9(14)5-10(15)12(8)19/h4-5,7,19H,3,6H2,1-2H3,(H,16,18). The van der Waals surface area contributed by atoms with Gasteiger partial charge in [-0.1, -0.05) is 48.4 Å². The maximum absolute atomic E-state index is 9.86. The third kappa shape index (κ3) is 3.98. The van der Waals surface area contributed by atoms with Gasteiger partial charge in [-0.15, -0.1) is 10.2 Å². The predicted octanol–water partition coefficient (Wildman–Crippen LogP) is 4.36. The molecule has 0 spiro atoms. The minimum Gasteiger partial charge on any atom is -0.506 e. The number of phenols is 1. The zero-order chi connectivity index (χ0) is 14.7. The largest absolute Gasteiger partial charge is 0.506 e. The molecule has 0 atom stereocenters. The molecule has 0 aliphatic rings. The number of rotatable bonds is 5. The Morgan fingerprint density at radius 3 is 2.75 bits per heavy atom. The van der Waals surface area contributed by atoms with E-state index in [-0.39, 0.29) is 10.8 Å².